The van der Waals surface area contributed by atoms with Gasteiger partial charge >= 0.3 is 0 Å². The van der Waals surface area contributed by atoms with E-state index in [0.717, 1.165) is 89.4 Å². The maximum atomic E-state index is 7.22. The number of nitrogens with zero attached hydrogens (tertiary/aromatic N) is 3. The number of aromatic nitrogens is 1. The van der Waals surface area contributed by atoms with Crippen LogP contribution in [-0.2, 0) is 5.41 Å². The summed E-state index contributed by atoms with van der Waals surface area (Å²) >= 11 is 0. The van der Waals surface area contributed by atoms with Crippen molar-refractivity contribution in [3.8, 4) is 44.5 Å². The lowest BCUT2D eigenvalue weighted by molar-refractivity contribution is 0.669. The van der Waals surface area contributed by atoms with Crippen LogP contribution in [0, 0.1) is 0 Å². The molecule has 416 valence electrons. The summed E-state index contributed by atoms with van der Waals surface area (Å²) in [5, 5.41) is 7.17. The fourth-order valence-corrected chi connectivity index (χ4v) is 16.6. The van der Waals surface area contributed by atoms with Crippen LogP contribution in [0.25, 0.3) is 105 Å². The highest BCUT2D eigenvalue weighted by Crippen LogP contribution is 2.58. The van der Waals surface area contributed by atoms with Gasteiger partial charge in [-0.2, -0.15) is 0 Å². The molecule has 0 radical (unpaired) electrons. The van der Waals surface area contributed by atoms with Gasteiger partial charge in [-0.1, -0.05) is 273 Å². The highest BCUT2D eigenvalue weighted by Gasteiger charge is 2.50. The molecule has 0 atom stereocenters. The van der Waals surface area contributed by atoms with Gasteiger partial charge in [-0.15, -0.1) is 0 Å². The molecule has 0 spiro atoms. The van der Waals surface area contributed by atoms with Crippen LogP contribution in [0.4, 0.5) is 34.1 Å². The van der Waals surface area contributed by atoms with Crippen molar-refractivity contribution < 1.29 is 4.42 Å². The number of fused-ring (bicyclic) bond motifs is 16. The Labute approximate surface area is 520 Å². The molecule has 4 nitrogen and oxygen atoms in total. The Morgan fingerprint density at radius 1 is 0.300 bits per heavy atom. The molecule has 1 aliphatic carbocycles. The zero-order chi connectivity index (χ0) is 58.8. The predicted octanol–water partition coefficient (Wildman–Crippen LogP) is 20.2. The van der Waals surface area contributed by atoms with Gasteiger partial charge in [-0.05, 0) is 114 Å². The summed E-state index contributed by atoms with van der Waals surface area (Å²) in [6, 6.07) is 118. The largest absolute Gasteiger partial charge is 0.454 e. The van der Waals surface area contributed by atoms with Crippen LogP contribution in [0.15, 0.2) is 320 Å². The molecule has 0 bridgehead atoms. The third-order valence-corrected chi connectivity index (χ3v) is 20.2. The predicted molar refractivity (Wildman–Crippen MR) is 376 cm³/mol. The van der Waals surface area contributed by atoms with Gasteiger partial charge in [0.05, 0.1) is 33.3 Å². The van der Waals surface area contributed by atoms with E-state index in [2.05, 4.69) is 330 Å². The Morgan fingerprint density at radius 2 is 0.833 bits per heavy atom. The average molecular weight is 1140 g/mol. The molecule has 0 fully saturated rings. The fourth-order valence-electron chi connectivity index (χ4n) is 16.6. The second kappa shape index (κ2) is 18.7. The lowest BCUT2D eigenvalue weighted by atomic mass is 9.33. The van der Waals surface area contributed by atoms with E-state index >= 15 is 0 Å². The lowest BCUT2D eigenvalue weighted by Crippen LogP contribution is -2.61. The molecule has 90 heavy (non-hydrogen) atoms. The van der Waals surface area contributed by atoms with Crippen molar-refractivity contribution in [1.29, 1.82) is 0 Å². The van der Waals surface area contributed by atoms with Gasteiger partial charge in [0.15, 0.2) is 5.58 Å². The van der Waals surface area contributed by atoms with Gasteiger partial charge in [0.2, 0.25) is 0 Å². The molecular formula is C85H52BN3O. The third-order valence-electron chi connectivity index (χ3n) is 20.2. The average Bonchev–Trinajstić information content (AvgIpc) is 1.20. The SMILES string of the molecule is c1ccc(-c2cc3c4c(c2)N(c2cccc5c2oc2ccccc25)c2cc5c(cc2B4c2cc(C4(c6ccccc6)c6ccccc6-c6ccccc64)ccc2N3c2c(-c3ccccc3)cccc2-c2ccccc2)c2cccc3c4ccccc4n5c32)cc1. The minimum atomic E-state index is -0.662. The van der Waals surface area contributed by atoms with E-state index in [9.17, 15) is 0 Å². The van der Waals surface area contributed by atoms with E-state index in [1.165, 1.54) is 87.9 Å². The first-order chi connectivity index (χ1) is 44.7. The van der Waals surface area contributed by atoms with Crippen LogP contribution in [-0.4, -0.2) is 11.1 Å². The molecule has 0 N–H and O–H groups in total. The van der Waals surface area contributed by atoms with Crippen LogP contribution in [0.3, 0.4) is 0 Å². The summed E-state index contributed by atoms with van der Waals surface area (Å²) in [5.74, 6) is 0. The fraction of sp³-hybridized carbons (Fsp3) is 0.0118. The second-order valence-electron chi connectivity index (χ2n) is 24.5. The minimum Gasteiger partial charge on any atom is -0.454 e. The quantitative estimate of drug-likeness (QED) is 0.149. The molecule has 17 aromatic rings. The number of furan rings is 1. The molecule has 20 rings (SSSR count). The topological polar surface area (TPSA) is 24.0 Å². The number of anilines is 6. The van der Waals surface area contributed by atoms with Crippen molar-refractivity contribution in [2.45, 2.75) is 5.41 Å². The number of hydrogen-bond donors (Lipinski definition) is 0. The Bertz CT molecular complexity index is 5710. The molecule has 14 aromatic carbocycles. The van der Waals surface area contributed by atoms with E-state index in [-0.39, 0.29) is 6.71 Å². The zero-order valence-corrected chi connectivity index (χ0v) is 48.8. The number of hydrogen-bond acceptors (Lipinski definition) is 3. The Hall–Kier alpha value is -11.7. The van der Waals surface area contributed by atoms with E-state index in [4.69, 9.17) is 4.42 Å². The number of para-hydroxylation sites is 5. The monoisotopic (exact) mass is 1140 g/mol. The molecular weight excluding hydrogens is 1090 g/mol. The van der Waals surface area contributed by atoms with Gasteiger partial charge in [0, 0.05) is 66.2 Å². The van der Waals surface area contributed by atoms with Crippen molar-refractivity contribution >= 4 is 117 Å². The summed E-state index contributed by atoms with van der Waals surface area (Å²) in [4.78, 5) is 5.24. The Balaban J connectivity index is 0.987. The smallest absolute Gasteiger partial charge is 0.252 e. The minimum absolute atomic E-state index is 0.267. The summed E-state index contributed by atoms with van der Waals surface area (Å²) in [7, 11) is 0. The van der Waals surface area contributed by atoms with Crippen LogP contribution < -0.4 is 26.2 Å². The van der Waals surface area contributed by atoms with Crippen molar-refractivity contribution in [3.63, 3.8) is 0 Å². The molecule has 2 aliphatic heterocycles. The zero-order valence-electron chi connectivity index (χ0n) is 48.8. The first kappa shape index (κ1) is 49.5. The molecule has 0 saturated heterocycles. The normalized spacial score (nSPS) is 13.6. The van der Waals surface area contributed by atoms with E-state index in [1.807, 2.05) is 0 Å². The Kier molecular flexibility index (Phi) is 10.3. The summed E-state index contributed by atoms with van der Waals surface area (Å²) in [6.07, 6.45) is 0. The van der Waals surface area contributed by atoms with E-state index in [0.29, 0.717) is 0 Å². The van der Waals surface area contributed by atoms with Crippen LogP contribution >= 0.6 is 0 Å². The van der Waals surface area contributed by atoms with Gasteiger partial charge in [0.1, 0.15) is 5.58 Å². The van der Waals surface area contributed by atoms with Crippen molar-refractivity contribution in [2.75, 3.05) is 9.80 Å². The Morgan fingerprint density at radius 3 is 1.54 bits per heavy atom. The molecule has 0 unspecified atom stereocenters. The summed E-state index contributed by atoms with van der Waals surface area (Å²) in [6.45, 7) is -0.267. The van der Waals surface area contributed by atoms with Crippen molar-refractivity contribution in [3.05, 3.63) is 338 Å². The third kappa shape index (κ3) is 6.65. The maximum absolute atomic E-state index is 7.22. The van der Waals surface area contributed by atoms with E-state index in [1.54, 1.807) is 0 Å². The van der Waals surface area contributed by atoms with Crippen LogP contribution in [0.1, 0.15) is 22.3 Å². The first-order valence-corrected chi connectivity index (χ1v) is 31.3. The van der Waals surface area contributed by atoms with Crippen molar-refractivity contribution in [1.82, 2.24) is 4.40 Å². The van der Waals surface area contributed by atoms with Gasteiger partial charge in [0.25, 0.3) is 6.71 Å². The molecule has 5 heteroatoms. The van der Waals surface area contributed by atoms with Gasteiger partial charge in [-0.25, -0.2) is 0 Å². The first-order valence-electron chi connectivity index (χ1n) is 31.3. The van der Waals surface area contributed by atoms with Crippen LogP contribution in [0.2, 0.25) is 0 Å². The standard InChI is InChI=1S/C85H52BN3O/c1-5-24-53(25-6-1)56-48-78-81-79(49-56)89(82-59(54-26-7-2-8-27-54)36-21-37-60(82)55-28-9-3-10-29-55)74-47-46-58(85(57-30-11-4-12-31-57)69-41-17-13-32-61(69)62-33-14-18-42-70(62)85)50-71(74)86(81)72-51-68-66-39-22-38-65-63-34-15-19-43-73(63)88(83(65)66)76(68)52-77(72)87(78)75-44-23-40-67-64-35-16-20-45-80(64)90-84(67)75/h1-52H. The second-order valence-corrected chi connectivity index (χ2v) is 24.5. The molecule has 5 heterocycles. The van der Waals surface area contributed by atoms with Gasteiger partial charge in [-0.3, -0.25) is 0 Å². The highest BCUT2D eigenvalue weighted by atomic mass is 16.3. The van der Waals surface area contributed by atoms with Crippen LogP contribution in [0.5, 0.6) is 0 Å². The van der Waals surface area contributed by atoms with E-state index < -0.39 is 5.41 Å². The van der Waals surface area contributed by atoms with Gasteiger partial charge < -0.3 is 18.6 Å². The summed E-state index contributed by atoms with van der Waals surface area (Å²) < 4.78 is 9.75. The molecule has 0 amide bonds. The maximum Gasteiger partial charge on any atom is 0.252 e. The summed E-state index contributed by atoms with van der Waals surface area (Å²) in [5.41, 5.74) is 29.3. The molecule has 0 saturated carbocycles. The van der Waals surface area contributed by atoms with Crippen molar-refractivity contribution in [2.24, 2.45) is 0 Å². The molecule has 3 aromatic heterocycles. The number of benzene rings is 14. The lowest BCUT2D eigenvalue weighted by Gasteiger charge is -2.46. The number of rotatable bonds is 7. The molecule has 3 aliphatic rings. The highest BCUT2D eigenvalue weighted by molar-refractivity contribution is 7.00.